The van der Waals surface area contributed by atoms with E-state index in [4.69, 9.17) is 5.11 Å². The number of rotatable bonds is 4. The Morgan fingerprint density at radius 3 is 2.61 bits per heavy atom. The van der Waals surface area contributed by atoms with E-state index < -0.39 is 42.4 Å². The lowest BCUT2D eigenvalue weighted by molar-refractivity contribution is -0.136. The van der Waals surface area contributed by atoms with Gasteiger partial charge in [0.25, 0.3) is 5.91 Å². The number of amides is 1. The molecular weight excluding hydrogens is 255 g/mol. The Kier molecular flexibility index (Phi) is 3.94. The van der Waals surface area contributed by atoms with Crippen LogP contribution in [0.4, 0.5) is 13.2 Å². The van der Waals surface area contributed by atoms with E-state index in [0.29, 0.717) is 0 Å². The number of carbonyl (C=O) groups is 2. The zero-order valence-corrected chi connectivity index (χ0v) is 9.28. The van der Waals surface area contributed by atoms with Gasteiger partial charge in [-0.15, -0.1) is 0 Å². The van der Waals surface area contributed by atoms with Crippen LogP contribution in [-0.2, 0) is 0 Å². The smallest absolute Gasteiger partial charge is 0.390 e. The first kappa shape index (κ1) is 14.0. The Hall–Kier alpha value is -2.06. The molecular formula is C9H10F3N3O3. The summed E-state index contributed by atoms with van der Waals surface area (Å²) in [4.78, 5) is 28.9. The van der Waals surface area contributed by atoms with Gasteiger partial charge in [0.05, 0.1) is 12.7 Å². The molecule has 0 aliphatic carbocycles. The van der Waals surface area contributed by atoms with Crippen LogP contribution < -0.4 is 0 Å². The van der Waals surface area contributed by atoms with E-state index in [1.54, 1.807) is 0 Å². The van der Waals surface area contributed by atoms with E-state index >= 15 is 0 Å². The molecule has 0 saturated carbocycles. The number of aromatic amines is 1. The zero-order chi connectivity index (χ0) is 13.9. The molecule has 0 unspecified atom stereocenters. The molecule has 2 N–H and O–H groups in total. The second kappa shape index (κ2) is 5.07. The summed E-state index contributed by atoms with van der Waals surface area (Å²) in [5.41, 5.74) is -0.856. The number of H-pyrrole nitrogens is 1. The van der Waals surface area contributed by atoms with Crippen LogP contribution in [0, 0.1) is 0 Å². The molecule has 0 fully saturated rings. The third-order valence-corrected chi connectivity index (χ3v) is 2.13. The molecule has 100 valence electrons. The number of carboxylic acids is 1. The van der Waals surface area contributed by atoms with Gasteiger partial charge < -0.3 is 15.0 Å². The number of nitrogens with one attached hydrogen (secondary N) is 1. The van der Waals surface area contributed by atoms with Gasteiger partial charge in [0.1, 0.15) is 0 Å². The SMILES string of the molecule is CN(CCC(F)(F)F)C(=O)c1nc[nH]c1C(=O)O. The fourth-order valence-corrected chi connectivity index (χ4v) is 1.20. The molecule has 1 amide bonds. The highest BCUT2D eigenvalue weighted by Crippen LogP contribution is 2.20. The van der Waals surface area contributed by atoms with Crippen molar-refractivity contribution in [3.63, 3.8) is 0 Å². The predicted octanol–water partition coefficient (Wildman–Crippen LogP) is 1.13. The molecule has 0 aromatic carbocycles. The fourth-order valence-electron chi connectivity index (χ4n) is 1.20. The number of carbonyl (C=O) groups excluding carboxylic acids is 1. The molecule has 0 radical (unpaired) electrons. The van der Waals surface area contributed by atoms with Crippen LogP contribution in [0.5, 0.6) is 0 Å². The predicted molar refractivity (Wildman–Crippen MR) is 53.2 cm³/mol. The number of hydrogen-bond donors (Lipinski definition) is 2. The highest BCUT2D eigenvalue weighted by atomic mass is 19.4. The normalized spacial score (nSPS) is 11.3. The minimum Gasteiger partial charge on any atom is -0.477 e. The average molecular weight is 265 g/mol. The summed E-state index contributed by atoms with van der Waals surface area (Å²) >= 11 is 0. The van der Waals surface area contributed by atoms with Crippen molar-refractivity contribution in [2.24, 2.45) is 0 Å². The van der Waals surface area contributed by atoms with Crippen LogP contribution in [0.15, 0.2) is 6.33 Å². The van der Waals surface area contributed by atoms with Crippen molar-refractivity contribution in [2.45, 2.75) is 12.6 Å². The third kappa shape index (κ3) is 3.47. The van der Waals surface area contributed by atoms with Crippen molar-refractivity contribution in [1.29, 1.82) is 0 Å². The Morgan fingerprint density at radius 2 is 2.11 bits per heavy atom. The van der Waals surface area contributed by atoms with Crippen LogP contribution in [-0.4, -0.2) is 51.6 Å². The molecule has 1 aromatic heterocycles. The van der Waals surface area contributed by atoms with Gasteiger partial charge in [0.15, 0.2) is 11.4 Å². The summed E-state index contributed by atoms with van der Waals surface area (Å²) in [5.74, 6) is -2.28. The first-order valence-electron chi connectivity index (χ1n) is 4.81. The van der Waals surface area contributed by atoms with E-state index in [9.17, 15) is 22.8 Å². The molecule has 9 heteroatoms. The summed E-state index contributed by atoms with van der Waals surface area (Å²) in [5, 5.41) is 8.72. The van der Waals surface area contributed by atoms with Crippen LogP contribution in [0.2, 0.25) is 0 Å². The molecule has 1 aromatic rings. The lowest BCUT2D eigenvalue weighted by Gasteiger charge is -2.17. The molecule has 1 rings (SSSR count). The van der Waals surface area contributed by atoms with Crippen LogP contribution in [0.25, 0.3) is 0 Å². The van der Waals surface area contributed by atoms with Crippen molar-refractivity contribution in [3.05, 3.63) is 17.7 Å². The topological polar surface area (TPSA) is 86.3 Å². The minimum absolute atomic E-state index is 0.410. The van der Waals surface area contributed by atoms with Crippen molar-refractivity contribution in [3.8, 4) is 0 Å². The van der Waals surface area contributed by atoms with Gasteiger partial charge in [-0.1, -0.05) is 0 Å². The monoisotopic (exact) mass is 265 g/mol. The molecule has 0 aliphatic rings. The average Bonchev–Trinajstić information content (AvgIpc) is 2.72. The maximum absolute atomic E-state index is 12.0. The standard InChI is InChI=1S/C9H10F3N3O3/c1-15(3-2-9(10,11)12)7(16)5-6(8(17)18)14-4-13-5/h4H,2-3H2,1H3,(H,13,14)(H,17,18). The maximum Gasteiger partial charge on any atom is 0.390 e. The fraction of sp³-hybridized carbons (Fsp3) is 0.444. The highest BCUT2D eigenvalue weighted by molar-refractivity contribution is 6.02. The van der Waals surface area contributed by atoms with Gasteiger partial charge in [-0.2, -0.15) is 13.2 Å². The molecule has 0 bridgehead atoms. The van der Waals surface area contributed by atoms with Gasteiger partial charge >= 0.3 is 12.1 Å². The van der Waals surface area contributed by atoms with E-state index in [2.05, 4.69) is 9.97 Å². The number of hydrogen-bond acceptors (Lipinski definition) is 3. The Balaban J connectivity index is 2.75. The number of alkyl halides is 3. The number of aromatic carboxylic acids is 1. The van der Waals surface area contributed by atoms with Gasteiger partial charge in [0.2, 0.25) is 0 Å². The lowest BCUT2D eigenvalue weighted by atomic mass is 10.3. The summed E-state index contributed by atoms with van der Waals surface area (Å²) < 4.78 is 35.9. The molecule has 18 heavy (non-hydrogen) atoms. The van der Waals surface area contributed by atoms with Crippen molar-refractivity contribution >= 4 is 11.9 Å². The molecule has 0 atom stereocenters. The van der Waals surface area contributed by atoms with Crippen molar-refractivity contribution in [1.82, 2.24) is 14.9 Å². The van der Waals surface area contributed by atoms with Crippen molar-refractivity contribution < 1.29 is 27.9 Å². The van der Waals surface area contributed by atoms with E-state index in [1.807, 2.05) is 0 Å². The van der Waals surface area contributed by atoms with Crippen molar-refractivity contribution in [2.75, 3.05) is 13.6 Å². The molecule has 0 saturated heterocycles. The minimum atomic E-state index is -4.38. The Labute approximate surface area is 99.4 Å². The quantitative estimate of drug-likeness (QED) is 0.854. The third-order valence-electron chi connectivity index (χ3n) is 2.13. The van der Waals surface area contributed by atoms with Gasteiger partial charge in [-0.3, -0.25) is 4.79 Å². The number of halogens is 3. The summed E-state index contributed by atoms with van der Waals surface area (Å²) in [6.45, 7) is -0.561. The van der Waals surface area contributed by atoms with Crippen LogP contribution >= 0.6 is 0 Å². The van der Waals surface area contributed by atoms with Gasteiger partial charge in [0, 0.05) is 13.6 Å². The number of imidazole rings is 1. The first-order valence-corrected chi connectivity index (χ1v) is 4.81. The molecule has 1 heterocycles. The van der Waals surface area contributed by atoms with Crippen LogP contribution in [0.1, 0.15) is 27.4 Å². The molecule has 6 nitrogen and oxygen atoms in total. The second-order valence-electron chi connectivity index (χ2n) is 3.52. The maximum atomic E-state index is 12.0. The van der Waals surface area contributed by atoms with Gasteiger partial charge in [-0.25, -0.2) is 9.78 Å². The summed E-state index contributed by atoms with van der Waals surface area (Å²) in [6, 6.07) is 0. The highest BCUT2D eigenvalue weighted by Gasteiger charge is 2.29. The second-order valence-corrected chi connectivity index (χ2v) is 3.52. The molecule has 0 spiro atoms. The van der Waals surface area contributed by atoms with E-state index in [1.165, 1.54) is 0 Å². The summed E-state index contributed by atoms with van der Waals surface area (Å²) in [6.07, 6.45) is -4.55. The lowest BCUT2D eigenvalue weighted by Crippen LogP contribution is -2.31. The zero-order valence-electron chi connectivity index (χ0n) is 9.28. The van der Waals surface area contributed by atoms with Crippen LogP contribution in [0.3, 0.4) is 0 Å². The van der Waals surface area contributed by atoms with Gasteiger partial charge in [-0.05, 0) is 0 Å². The Bertz CT molecular complexity index is 455. The largest absolute Gasteiger partial charge is 0.477 e. The number of carboxylic acid groups (broad SMARTS) is 1. The number of nitrogens with zero attached hydrogens (tertiary/aromatic N) is 2. The molecule has 0 aliphatic heterocycles. The summed E-state index contributed by atoms with van der Waals surface area (Å²) in [7, 11) is 1.15. The van der Waals surface area contributed by atoms with E-state index in [-0.39, 0.29) is 0 Å². The first-order chi connectivity index (χ1) is 8.22. The number of aromatic nitrogens is 2. The Morgan fingerprint density at radius 1 is 1.50 bits per heavy atom. The van der Waals surface area contributed by atoms with E-state index in [0.717, 1.165) is 18.3 Å².